The van der Waals surface area contributed by atoms with Gasteiger partial charge in [0.15, 0.2) is 11.5 Å². The highest BCUT2D eigenvalue weighted by Crippen LogP contribution is 2.45. The van der Waals surface area contributed by atoms with E-state index in [2.05, 4.69) is 0 Å². The normalized spacial score (nSPS) is 23.1. The van der Waals surface area contributed by atoms with Gasteiger partial charge in [0.05, 0.1) is 10.9 Å². The summed E-state index contributed by atoms with van der Waals surface area (Å²) in [5.74, 6) is -3.51. The molecule has 1 fully saturated rings. The number of esters is 1. The monoisotopic (exact) mass is 552 g/mol. The van der Waals surface area contributed by atoms with Crippen LogP contribution in [0, 0.1) is 0 Å². The van der Waals surface area contributed by atoms with Crippen LogP contribution in [0.4, 0.5) is 0 Å². The van der Waals surface area contributed by atoms with Gasteiger partial charge in [-0.3, -0.25) is 4.79 Å². The summed E-state index contributed by atoms with van der Waals surface area (Å²) >= 11 is 0. The largest absolute Gasteiger partial charge is 0.507 e. The third-order valence-corrected chi connectivity index (χ3v) is 6.65. The zero-order valence-corrected chi connectivity index (χ0v) is 20.5. The van der Waals surface area contributed by atoms with E-state index in [1.165, 1.54) is 6.08 Å². The Morgan fingerprint density at radius 3 is 2.27 bits per heavy atom. The Bertz CT molecular complexity index is 1680. The molecule has 5 atom stereocenters. The molecular formula is C28H24O12. The van der Waals surface area contributed by atoms with Crippen molar-refractivity contribution >= 4 is 34.0 Å². The van der Waals surface area contributed by atoms with Crippen LogP contribution in [0.5, 0.6) is 23.0 Å². The topological polar surface area (TPSA) is 207 Å². The minimum Gasteiger partial charge on any atom is -0.507 e. The van der Waals surface area contributed by atoms with Crippen LogP contribution in [0.2, 0.25) is 0 Å². The molecule has 1 saturated heterocycles. The molecule has 0 spiro atoms. The first-order valence-electron chi connectivity index (χ1n) is 12.0. The molecular weight excluding hydrogens is 528 g/mol. The molecule has 0 aliphatic carbocycles. The number of aromatic hydroxyl groups is 4. The summed E-state index contributed by atoms with van der Waals surface area (Å²) in [6.07, 6.45) is -5.90. The Hall–Kier alpha value is -4.62. The zero-order chi connectivity index (χ0) is 28.7. The smallest absolute Gasteiger partial charge is 0.330 e. The minimum atomic E-state index is -1.89. The number of aliphatic hydroxyl groups excluding tert-OH is 3. The van der Waals surface area contributed by atoms with Crippen molar-refractivity contribution in [3.8, 4) is 23.0 Å². The Balaban J connectivity index is 1.46. The SMILES string of the molecule is O=C(C=Cc1ccccc1)OC[C@H]1O[C@@H](c2c(O)cc3oc4cc(O)c(O)cc4c(=O)c3c2O)[C@H](O)[C@@H](O)[C@@H]1O. The number of carbonyl (C=O) groups is 1. The minimum absolute atomic E-state index is 0.143. The van der Waals surface area contributed by atoms with E-state index < -0.39 is 82.5 Å². The highest BCUT2D eigenvalue weighted by atomic mass is 16.6. The van der Waals surface area contributed by atoms with Gasteiger partial charge in [-0.1, -0.05) is 30.3 Å². The van der Waals surface area contributed by atoms with Crippen LogP contribution in [0.15, 0.2) is 63.8 Å². The van der Waals surface area contributed by atoms with E-state index in [1.54, 1.807) is 24.3 Å². The van der Waals surface area contributed by atoms with Crippen LogP contribution >= 0.6 is 0 Å². The van der Waals surface area contributed by atoms with Crippen molar-refractivity contribution in [1.29, 1.82) is 0 Å². The third-order valence-electron chi connectivity index (χ3n) is 6.65. The van der Waals surface area contributed by atoms with E-state index >= 15 is 0 Å². The summed E-state index contributed by atoms with van der Waals surface area (Å²) in [6.45, 7) is -0.565. The number of phenolic OH excluding ortho intramolecular Hbond substituents is 4. The van der Waals surface area contributed by atoms with Crippen molar-refractivity contribution in [2.24, 2.45) is 0 Å². The van der Waals surface area contributed by atoms with E-state index in [4.69, 9.17) is 13.9 Å². The number of phenols is 4. The molecule has 0 amide bonds. The average Bonchev–Trinajstić information content (AvgIpc) is 2.92. The number of carbonyl (C=O) groups excluding carboxylic acids is 1. The Labute approximate surface area is 224 Å². The lowest BCUT2D eigenvalue weighted by Crippen LogP contribution is -2.55. The summed E-state index contributed by atoms with van der Waals surface area (Å²) in [5, 5.41) is 72.2. The molecule has 12 heteroatoms. The number of fused-ring (bicyclic) bond motifs is 2. The zero-order valence-electron chi connectivity index (χ0n) is 20.5. The molecule has 1 aliphatic rings. The summed E-state index contributed by atoms with van der Waals surface area (Å²) < 4.78 is 16.3. The quantitative estimate of drug-likeness (QED) is 0.0814. The van der Waals surface area contributed by atoms with Gasteiger partial charge in [0.2, 0.25) is 5.43 Å². The van der Waals surface area contributed by atoms with Crippen LogP contribution in [-0.4, -0.2) is 72.7 Å². The molecule has 0 unspecified atom stereocenters. The maximum atomic E-state index is 13.2. The van der Waals surface area contributed by atoms with E-state index in [9.17, 15) is 45.3 Å². The van der Waals surface area contributed by atoms with Gasteiger partial charge in [-0.15, -0.1) is 0 Å². The molecule has 40 heavy (non-hydrogen) atoms. The van der Waals surface area contributed by atoms with E-state index in [0.29, 0.717) is 0 Å². The lowest BCUT2D eigenvalue weighted by Gasteiger charge is -2.40. The van der Waals surface area contributed by atoms with Crippen molar-refractivity contribution in [3.05, 3.63) is 76.0 Å². The predicted molar refractivity (Wildman–Crippen MR) is 139 cm³/mol. The fraction of sp³-hybridized carbons (Fsp3) is 0.214. The molecule has 5 rings (SSSR count). The maximum absolute atomic E-state index is 13.2. The number of hydrogen-bond donors (Lipinski definition) is 7. The van der Waals surface area contributed by atoms with Crippen LogP contribution in [0.1, 0.15) is 17.2 Å². The highest BCUT2D eigenvalue weighted by molar-refractivity contribution is 5.96. The first-order chi connectivity index (χ1) is 19.1. The molecule has 0 saturated carbocycles. The number of benzene rings is 3. The van der Waals surface area contributed by atoms with Gasteiger partial charge < -0.3 is 49.6 Å². The lowest BCUT2D eigenvalue weighted by atomic mass is 9.89. The molecule has 4 aromatic rings. The van der Waals surface area contributed by atoms with Crippen molar-refractivity contribution < 1.29 is 54.4 Å². The van der Waals surface area contributed by atoms with E-state index in [0.717, 1.165) is 29.8 Å². The third kappa shape index (κ3) is 4.80. The number of ether oxygens (including phenoxy) is 2. The van der Waals surface area contributed by atoms with Crippen molar-refractivity contribution in [2.75, 3.05) is 6.61 Å². The van der Waals surface area contributed by atoms with Crippen LogP contribution < -0.4 is 5.43 Å². The second kappa shape index (κ2) is 10.5. The first-order valence-corrected chi connectivity index (χ1v) is 12.0. The first kappa shape index (κ1) is 27.0. The van der Waals surface area contributed by atoms with E-state index in [1.807, 2.05) is 6.07 Å². The molecule has 12 nitrogen and oxygen atoms in total. The second-order valence-corrected chi connectivity index (χ2v) is 9.24. The van der Waals surface area contributed by atoms with Gasteiger partial charge in [0.25, 0.3) is 0 Å². The number of hydrogen-bond acceptors (Lipinski definition) is 12. The maximum Gasteiger partial charge on any atom is 0.330 e. The van der Waals surface area contributed by atoms with Gasteiger partial charge in [0.1, 0.15) is 65.2 Å². The molecule has 0 bridgehead atoms. The summed E-state index contributed by atoms with van der Waals surface area (Å²) in [6, 6.07) is 11.8. The van der Waals surface area contributed by atoms with Crippen molar-refractivity contribution in [1.82, 2.24) is 0 Å². The van der Waals surface area contributed by atoms with Gasteiger partial charge in [-0.25, -0.2) is 4.79 Å². The van der Waals surface area contributed by atoms with Gasteiger partial charge in [0, 0.05) is 18.2 Å². The van der Waals surface area contributed by atoms with Crippen molar-refractivity contribution in [3.63, 3.8) is 0 Å². The molecule has 208 valence electrons. The Kier molecular flexibility index (Phi) is 7.08. The molecule has 7 N–H and O–H groups in total. The second-order valence-electron chi connectivity index (χ2n) is 9.24. The highest BCUT2D eigenvalue weighted by Gasteiger charge is 2.46. The summed E-state index contributed by atoms with van der Waals surface area (Å²) in [7, 11) is 0. The molecule has 3 aromatic carbocycles. The molecule has 2 heterocycles. The van der Waals surface area contributed by atoms with E-state index in [-0.39, 0.29) is 16.6 Å². The van der Waals surface area contributed by atoms with Gasteiger partial charge in [-0.05, 0) is 17.7 Å². The molecule has 1 aromatic heterocycles. The number of rotatable bonds is 5. The lowest BCUT2D eigenvalue weighted by molar-refractivity contribution is -0.234. The van der Waals surface area contributed by atoms with Crippen LogP contribution in [0.25, 0.3) is 28.0 Å². The molecule has 0 radical (unpaired) electrons. The fourth-order valence-corrected chi connectivity index (χ4v) is 4.57. The summed E-state index contributed by atoms with van der Waals surface area (Å²) in [5.41, 5.74) is -1.04. The predicted octanol–water partition coefficient (Wildman–Crippen LogP) is 1.55. The van der Waals surface area contributed by atoms with Crippen LogP contribution in [-0.2, 0) is 14.3 Å². The standard InChI is InChI=1S/C28H24O12/c29-14-8-13-17(9-15(14)30)39-18-10-16(31)21(25(35)22(18)23(13)33)28-27(37)26(36)24(34)19(40-28)11-38-20(32)7-6-12-4-2-1-3-5-12/h1-10,19,24,26-31,34-37H,11H2/t19-,24-,26+,27-,28+/m1/s1. The summed E-state index contributed by atoms with van der Waals surface area (Å²) in [4.78, 5) is 25.4. The fourth-order valence-electron chi connectivity index (χ4n) is 4.57. The van der Waals surface area contributed by atoms with Gasteiger partial charge in [-0.2, -0.15) is 0 Å². The Morgan fingerprint density at radius 2 is 1.55 bits per heavy atom. The number of aliphatic hydroxyl groups is 3. The average molecular weight is 552 g/mol. The Morgan fingerprint density at radius 1 is 0.875 bits per heavy atom. The van der Waals surface area contributed by atoms with Crippen molar-refractivity contribution in [2.45, 2.75) is 30.5 Å². The molecule has 1 aliphatic heterocycles. The van der Waals surface area contributed by atoms with Gasteiger partial charge >= 0.3 is 5.97 Å². The van der Waals surface area contributed by atoms with Crippen LogP contribution in [0.3, 0.4) is 0 Å².